The summed E-state index contributed by atoms with van der Waals surface area (Å²) in [5.74, 6) is -3.29. The summed E-state index contributed by atoms with van der Waals surface area (Å²) in [5.41, 5.74) is 0.609. The fourth-order valence-corrected chi connectivity index (χ4v) is 1.08. The van der Waals surface area contributed by atoms with Crippen molar-refractivity contribution in [2.45, 2.75) is 12.6 Å². The minimum Gasteiger partial charge on any atom is -0.291 e. The molecule has 0 saturated carbocycles. The normalized spacial score (nSPS) is 12.9. The maximum Gasteiger partial charge on any atom is 0.299 e. The highest BCUT2D eigenvalue weighted by atomic mass is 19.3. The molecule has 2 nitrogen and oxygen atoms in total. The molecule has 5 heteroatoms. The van der Waals surface area contributed by atoms with Crippen LogP contribution in [0.4, 0.5) is 13.2 Å². The molecule has 0 aliphatic rings. The number of hydrogen-bond donors (Lipinski definition) is 0. The molecule has 0 heterocycles. The van der Waals surface area contributed by atoms with E-state index in [2.05, 4.69) is 0 Å². The molecule has 1 aromatic rings. The highest BCUT2D eigenvalue weighted by molar-refractivity contribution is 6.12. The Hall–Kier alpha value is -1.91. The summed E-state index contributed by atoms with van der Waals surface area (Å²) < 4.78 is 36.6. The summed E-state index contributed by atoms with van der Waals surface area (Å²) in [6, 6.07) is 8.43. The lowest BCUT2D eigenvalue weighted by Gasteiger charge is -2.01. The predicted molar refractivity (Wildman–Crippen MR) is 56.4 cm³/mol. The summed E-state index contributed by atoms with van der Waals surface area (Å²) in [6.45, 7) is 0. The molecule has 0 radical (unpaired) electrons. The highest BCUT2D eigenvalue weighted by Crippen LogP contribution is 2.07. The van der Waals surface area contributed by atoms with Crippen molar-refractivity contribution in [3.8, 4) is 0 Å². The molecule has 0 bridgehead atoms. The van der Waals surface area contributed by atoms with Gasteiger partial charge in [-0.15, -0.1) is 0 Å². The van der Waals surface area contributed by atoms with Crippen LogP contribution < -0.4 is 0 Å². The van der Waals surface area contributed by atoms with Crippen molar-refractivity contribution in [2.75, 3.05) is 0 Å². The molecular formula is C12H9F3O2. The van der Waals surface area contributed by atoms with E-state index in [0.29, 0.717) is 5.56 Å². The van der Waals surface area contributed by atoms with Crippen LogP contribution in [0.15, 0.2) is 36.4 Å². The van der Waals surface area contributed by atoms with Crippen molar-refractivity contribution in [3.63, 3.8) is 0 Å². The number of hydrogen-bond acceptors (Lipinski definition) is 2. The average molecular weight is 242 g/mol. The zero-order chi connectivity index (χ0) is 12.8. The van der Waals surface area contributed by atoms with Crippen LogP contribution in [0.3, 0.4) is 0 Å². The third kappa shape index (κ3) is 3.86. The molecule has 1 atom stereocenters. The van der Waals surface area contributed by atoms with Crippen LogP contribution in [0, 0.1) is 0 Å². The number of halogens is 3. The quantitative estimate of drug-likeness (QED) is 0.587. The van der Waals surface area contributed by atoms with Gasteiger partial charge in [-0.2, -0.15) is 0 Å². The Bertz CT molecular complexity index is 427. The Kier molecular flexibility index (Phi) is 4.63. The van der Waals surface area contributed by atoms with Gasteiger partial charge in [-0.05, 0) is 11.6 Å². The molecular weight excluding hydrogens is 233 g/mol. The second-order valence-corrected chi connectivity index (χ2v) is 3.21. The zero-order valence-electron chi connectivity index (χ0n) is 8.65. The lowest BCUT2D eigenvalue weighted by atomic mass is 10.1. The first-order chi connectivity index (χ1) is 8.02. The van der Waals surface area contributed by atoms with E-state index in [4.69, 9.17) is 0 Å². The second kappa shape index (κ2) is 5.98. The Morgan fingerprint density at radius 1 is 1.06 bits per heavy atom. The third-order valence-electron chi connectivity index (χ3n) is 1.95. The van der Waals surface area contributed by atoms with Gasteiger partial charge in [-0.25, -0.2) is 13.2 Å². The lowest BCUT2D eigenvalue weighted by Crippen LogP contribution is -2.29. The van der Waals surface area contributed by atoms with Gasteiger partial charge in [0.1, 0.15) is 0 Å². The van der Waals surface area contributed by atoms with Gasteiger partial charge in [0.25, 0.3) is 6.43 Å². The molecule has 0 aliphatic carbocycles. The van der Waals surface area contributed by atoms with Crippen molar-refractivity contribution < 1.29 is 22.8 Å². The van der Waals surface area contributed by atoms with Gasteiger partial charge in [0.2, 0.25) is 12.0 Å². The van der Waals surface area contributed by atoms with E-state index in [0.717, 1.165) is 6.08 Å². The minimum absolute atomic E-state index is 0.609. The fraction of sp³-hybridized carbons (Fsp3) is 0.167. The first kappa shape index (κ1) is 13.2. The standard InChI is InChI=1S/C12H9F3O2/c13-10(11(17)12(14)15)9(16)7-6-8-4-2-1-3-5-8/h1-7,10,12H. The minimum atomic E-state index is -3.47. The molecule has 0 saturated heterocycles. The number of alkyl halides is 3. The second-order valence-electron chi connectivity index (χ2n) is 3.21. The lowest BCUT2D eigenvalue weighted by molar-refractivity contribution is -0.139. The van der Waals surface area contributed by atoms with E-state index in [9.17, 15) is 22.8 Å². The first-order valence-corrected chi connectivity index (χ1v) is 4.75. The summed E-state index contributed by atoms with van der Waals surface area (Å²) in [6.07, 6.45) is -4.23. The molecule has 17 heavy (non-hydrogen) atoms. The van der Waals surface area contributed by atoms with Gasteiger partial charge < -0.3 is 0 Å². The summed E-state index contributed by atoms with van der Waals surface area (Å²) in [5, 5.41) is 0. The monoisotopic (exact) mass is 242 g/mol. The number of carbonyl (C=O) groups excluding carboxylic acids is 2. The van der Waals surface area contributed by atoms with E-state index in [-0.39, 0.29) is 0 Å². The molecule has 0 fully saturated rings. The topological polar surface area (TPSA) is 34.1 Å². The molecule has 0 spiro atoms. The molecule has 1 unspecified atom stereocenters. The van der Waals surface area contributed by atoms with Crippen LogP contribution >= 0.6 is 0 Å². The third-order valence-corrected chi connectivity index (χ3v) is 1.95. The van der Waals surface area contributed by atoms with E-state index in [1.807, 2.05) is 0 Å². The number of benzene rings is 1. The number of rotatable bonds is 5. The molecule has 1 rings (SSSR count). The number of carbonyl (C=O) groups is 2. The van der Waals surface area contributed by atoms with Crippen molar-refractivity contribution in [1.82, 2.24) is 0 Å². The van der Waals surface area contributed by atoms with E-state index < -0.39 is 24.2 Å². The van der Waals surface area contributed by atoms with Gasteiger partial charge in [0.15, 0.2) is 5.78 Å². The Morgan fingerprint density at radius 3 is 2.18 bits per heavy atom. The SMILES string of the molecule is O=C(C=Cc1ccccc1)C(F)C(=O)C(F)F. The van der Waals surface area contributed by atoms with Crippen LogP contribution in [-0.2, 0) is 9.59 Å². The largest absolute Gasteiger partial charge is 0.299 e. The Balaban J connectivity index is 2.67. The molecule has 0 aliphatic heterocycles. The maximum absolute atomic E-state index is 12.9. The first-order valence-electron chi connectivity index (χ1n) is 4.75. The van der Waals surface area contributed by atoms with Crippen LogP contribution in [0.25, 0.3) is 6.08 Å². The molecule has 90 valence electrons. The van der Waals surface area contributed by atoms with Gasteiger partial charge in [-0.3, -0.25) is 9.59 Å². The summed E-state index contributed by atoms with van der Waals surface area (Å²) in [7, 11) is 0. The van der Waals surface area contributed by atoms with Gasteiger partial charge in [0, 0.05) is 0 Å². The van der Waals surface area contributed by atoms with E-state index in [1.54, 1.807) is 30.3 Å². The molecule has 0 aromatic heterocycles. The summed E-state index contributed by atoms with van der Waals surface area (Å²) in [4.78, 5) is 21.6. The van der Waals surface area contributed by atoms with Crippen molar-refractivity contribution in [1.29, 1.82) is 0 Å². The van der Waals surface area contributed by atoms with Crippen LogP contribution in [0.1, 0.15) is 5.56 Å². The number of Topliss-reactive ketones (excluding diaryl/α,β-unsaturated/α-hetero) is 1. The highest BCUT2D eigenvalue weighted by Gasteiger charge is 2.30. The zero-order valence-corrected chi connectivity index (χ0v) is 8.65. The Morgan fingerprint density at radius 2 is 1.65 bits per heavy atom. The van der Waals surface area contributed by atoms with Crippen molar-refractivity contribution in [2.24, 2.45) is 0 Å². The molecule has 1 aromatic carbocycles. The predicted octanol–water partition coefficient (Wildman–Crippen LogP) is 2.44. The summed E-state index contributed by atoms with van der Waals surface area (Å²) >= 11 is 0. The number of ketones is 2. The van der Waals surface area contributed by atoms with Gasteiger partial charge >= 0.3 is 0 Å². The van der Waals surface area contributed by atoms with Gasteiger partial charge in [-0.1, -0.05) is 36.4 Å². The Labute approximate surface area is 95.8 Å². The molecule has 0 amide bonds. The number of allylic oxidation sites excluding steroid dienone is 1. The smallest absolute Gasteiger partial charge is 0.291 e. The van der Waals surface area contributed by atoms with E-state index >= 15 is 0 Å². The van der Waals surface area contributed by atoms with Gasteiger partial charge in [0.05, 0.1) is 0 Å². The molecule has 0 N–H and O–H groups in total. The average Bonchev–Trinajstić information content (AvgIpc) is 2.35. The van der Waals surface area contributed by atoms with E-state index in [1.165, 1.54) is 6.08 Å². The maximum atomic E-state index is 12.9. The van der Waals surface area contributed by atoms with Crippen molar-refractivity contribution in [3.05, 3.63) is 42.0 Å². The fourth-order valence-electron chi connectivity index (χ4n) is 1.08. The van der Waals surface area contributed by atoms with Crippen LogP contribution in [-0.4, -0.2) is 24.2 Å². The van der Waals surface area contributed by atoms with Crippen molar-refractivity contribution >= 4 is 17.6 Å². The van der Waals surface area contributed by atoms with Crippen LogP contribution in [0.5, 0.6) is 0 Å². The van der Waals surface area contributed by atoms with Crippen LogP contribution in [0.2, 0.25) is 0 Å².